The van der Waals surface area contributed by atoms with Crippen LogP contribution in [0, 0.1) is 6.92 Å². The topological polar surface area (TPSA) is 59.8 Å². The Morgan fingerprint density at radius 1 is 0.931 bits per heavy atom. The molecule has 1 amide bonds. The first kappa shape index (κ1) is 18.6. The highest BCUT2D eigenvalue weighted by Crippen LogP contribution is 2.23. The molecule has 0 aliphatic rings. The molecule has 0 saturated heterocycles. The van der Waals surface area contributed by atoms with Crippen molar-refractivity contribution in [2.45, 2.75) is 20.0 Å². The van der Waals surface area contributed by atoms with E-state index < -0.39 is 0 Å². The summed E-state index contributed by atoms with van der Waals surface area (Å²) in [5, 5.41) is 3.02. The summed E-state index contributed by atoms with van der Waals surface area (Å²) >= 11 is 0. The summed E-state index contributed by atoms with van der Waals surface area (Å²) in [6.07, 6.45) is 9.01. The maximum atomic E-state index is 13.0. The average molecular weight is 382 g/mol. The molecular formula is C24H22N4O. The van der Waals surface area contributed by atoms with Crippen molar-refractivity contribution in [2.24, 2.45) is 0 Å². The lowest BCUT2D eigenvalue weighted by Gasteiger charge is -2.11. The van der Waals surface area contributed by atoms with E-state index in [0.717, 1.165) is 16.7 Å². The minimum Gasteiger partial charge on any atom is -0.347 e. The largest absolute Gasteiger partial charge is 0.347 e. The number of nitrogens with zero attached hydrogens (tertiary/aromatic N) is 3. The first-order valence-corrected chi connectivity index (χ1v) is 9.53. The third-order valence-corrected chi connectivity index (χ3v) is 4.95. The van der Waals surface area contributed by atoms with Crippen LogP contribution in [0.3, 0.4) is 0 Å². The molecule has 4 aromatic rings. The van der Waals surface area contributed by atoms with Gasteiger partial charge in [0.15, 0.2) is 0 Å². The van der Waals surface area contributed by atoms with Crippen molar-refractivity contribution in [2.75, 3.05) is 0 Å². The average Bonchev–Trinajstić information content (AvgIpc) is 3.19. The second kappa shape index (κ2) is 8.52. The first-order chi connectivity index (χ1) is 14.2. The zero-order valence-electron chi connectivity index (χ0n) is 16.2. The third-order valence-electron chi connectivity index (χ3n) is 4.95. The van der Waals surface area contributed by atoms with Crippen LogP contribution in [-0.2, 0) is 13.1 Å². The van der Waals surface area contributed by atoms with E-state index in [1.807, 2.05) is 53.2 Å². The number of rotatable bonds is 6. The fourth-order valence-corrected chi connectivity index (χ4v) is 3.28. The number of carbonyl (C=O) groups is 1. The number of nitrogens with one attached hydrogen (secondary N) is 1. The van der Waals surface area contributed by atoms with Crippen molar-refractivity contribution in [3.05, 3.63) is 108 Å². The van der Waals surface area contributed by atoms with Crippen molar-refractivity contribution < 1.29 is 4.79 Å². The lowest BCUT2D eigenvalue weighted by Crippen LogP contribution is -2.25. The minimum atomic E-state index is -0.101. The van der Waals surface area contributed by atoms with Crippen molar-refractivity contribution in [1.29, 1.82) is 0 Å². The summed E-state index contributed by atoms with van der Waals surface area (Å²) in [5.41, 5.74) is 6.07. The lowest BCUT2D eigenvalue weighted by atomic mass is 10.1. The fraction of sp³-hybridized carbons (Fsp3) is 0.125. The predicted octanol–water partition coefficient (Wildman–Crippen LogP) is 4.23. The summed E-state index contributed by atoms with van der Waals surface area (Å²) in [4.78, 5) is 21.1. The van der Waals surface area contributed by atoms with Crippen molar-refractivity contribution in [1.82, 2.24) is 19.9 Å². The molecule has 0 spiro atoms. The molecule has 5 nitrogen and oxygen atoms in total. The molecule has 0 atom stereocenters. The second-order valence-electron chi connectivity index (χ2n) is 6.94. The van der Waals surface area contributed by atoms with Crippen LogP contribution in [0.5, 0.6) is 0 Å². The Hall–Kier alpha value is -3.73. The van der Waals surface area contributed by atoms with E-state index >= 15 is 0 Å². The zero-order valence-corrected chi connectivity index (χ0v) is 16.2. The van der Waals surface area contributed by atoms with Gasteiger partial charge in [-0.2, -0.15) is 0 Å². The minimum absolute atomic E-state index is 0.101. The molecule has 0 radical (unpaired) electrons. The molecule has 4 rings (SSSR count). The summed E-state index contributed by atoms with van der Waals surface area (Å²) in [6, 6.07) is 17.9. The molecule has 0 aliphatic heterocycles. The lowest BCUT2D eigenvalue weighted by molar-refractivity contribution is 0.0942. The molecule has 3 heterocycles. The van der Waals surface area contributed by atoms with E-state index in [1.165, 1.54) is 11.1 Å². The molecule has 144 valence electrons. The molecule has 0 aliphatic carbocycles. The summed E-state index contributed by atoms with van der Waals surface area (Å²) in [6.45, 7) is 3.18. The number of carbonyl (C=O) groups excluding carboxylic acids is 1. The van der Waals surface area contributed by atoms with Gasteiger partial charge in [0, 0.05) is 49.6 Å². The van der Waals surface area contributed by atoms with Crippen LogP contribution < -0.4 is 5.32 Å². The van der Waals surface area contributed by atoms with E-state index in [-0.39, 0.29) is 5.91 Å². The van der Waals surface area contributed by atoms with Gasteiger partial charge in [-0.15, -0.1) is 0 Å². The molecule has 1 N–H and O–H groups in total. The number of aromatic nitrogens is 3. The van der Waals surface area contributed by atoms with Gasteiger partial charge in [0.2, 0.25) is 0 Å². The molecule has 5 heteroatoms. The first-order valence-electron chi connectivity index (χ1n) is 9.53. The van der Waals surface area contributed by atoms with Crippen molar-refractivity contribution >= 4 is 5.91 Å². The number of hydrogen-bond donors (Lipinski definition) is 1. The summed E-state index contributed by atoms with van der Waals surface area (Å²) in [5.74, 6) is -0.101. The van der Waals surface area contributed by atoms with Gasteiger partial charge >= 0.3 is 0 Å². The second-order valence-corrected chi connectivity index (χ2v) is 6.94. The number of aryl methyl sites for hydroxylation is 1. The van der Waals surface area contributed by atoms with Crippen LogP contribution in [0.25, 0.3) is 11.1 Å². The van der Waals surface area contributed by atoms with Gasteiger partial charge < -0.3 is 9.88 Å². The third kappa shape index (κ3) is 4.41. The Morgan fingerprint density at radius 3 is 2.34 bits per heavy atom. The maximum absolute atomic E-state index is 13.0. The quantitative estimate of drug-likeness (QED) is 0.543. The highest BCUT2D eigenvalue weighted by atomic mass is 16.1. The zero-order chi connectivity index (χ0) is 20.1. The van der Waals surface area contributed by atoms with Crippen molar-refractivity contribution in [3.63, 3.8) is 0 Å². The Bertz CT molecular complexity index is 1100. The maximum Gasteiger partial charge on any atom is 0.268 e. The summed E-state index contributed by atoms with van der Waals surface area (Å²) in [7, 11) is 0. The van der Waals surface area contributed by atoms with Gasteiger partial charge in [-0.25, -0.2) is 0 Å². The molecule has 0 fully saturated rings. The van der Waals surface area contributed by atoms with E-state index in [2.05, 4.69) is 34.3 Å². The van der Waals surface area contributed by atoms with Crippen LogP contribution in [0.15, 0.2) is 85.6 Å². The Labute approximate surface area is 170 Å². The normalized spacial score (nSPS) is 10.7. The van der Waals surface area contributed by atoms with Gasteiger partial charge in [0.25, 0.3) is 5.91 Å². The molecule has 0 saturated carbocycles. The van der Waals surface area contributed by atoms with Crippen LogP contribution in [-0.4, -0.2) is 20.4 Å². The van der Waals surface area contributed by atoms with Gasteiger partial charge in [0.1, 0.15) is 5.69 Å². The van der Waals surface area contributed by atoms with Crippen LogP contribution in [0.1, 0.15) is 27.2 Å². The van der Waals surface area contributed by atoms with Gasteiger partial charge in [0.05, 0.1) is 0 Å². The van der Waals surface area contributed by atoms with E-state index in [4.69, 9.17) is 0 Å². The number of benzene rings is 1. The Balaban J connectivity index is 1.64. The monoisotopic (exact) mass is 382 g/mol. The highest BCUT2D eigenvalue weighted by Gasteiger charge is 2.15. The van der Waals surface area contributed by atoms with Crippen LogP contribution >= 0.6 is 0 Å². The Morgan fingerprint density at radius 2 is 1.62 bits per heavy atom. The molecule has 0 unspecified atom stereocenters. The molecule has 3 aromatic heterocycles. The molecule has 1 aromatic carbocycles. The van der Waals surface area contributed by atoms with Gasteiger partial charge in [-0.3, -0.25) is 14.8 Å². The number of amides is 1. The van der Waals surface area contributed by atoms with E-state index in [1.54, 1.807) is 24.8 Å². The predicted molar refractivity (Wildman–Crippen MR) is 113 cm³/mol. The smallest absolute Gasteiger partial charge is 0.268 e. The number of hydrogen-bond acceptors (Lipinski definition) is 3. The van der Waals surface area contributed by atoms with Crippen molar-refractivity contribution in [3.8, 4) is 11.1 Å². The van der Waals surface area contributed by atoms with Gasteiger partial charge in [-0.05, 0) is 59.5 Å². The molecular weight excluding hydrogens is 360 g/mol. The van der Waals surface area contributed by atoms with E-state index in [0.29, 0.717) is 18.8 Å². The SMILES string of the molecule is Cc1ccccc1Cn1cc(-c2ccncc2)cc1C(=O)NCc1ccncc1. The highest BCUT2D eigenvalue weighted by molar-refractivity contribution is 5.94. The molecule has 29 heavy (non-hydrogen) atoms. The van der Waals surface area contributed by atoms with Crippen LogP contribution in [0.2, 0.25) is 0 Å². The molecule has 0 bridgehead atoms. The summed E-state index contributed by atoms with van der Waals surface area (Å²) < 4.78 is 2.01. The van der Waals surface area contributed by atoms with Crippen LogP contribution in [0.4, 0.5) is 0 Å². The van der Waals surface area contributed by atoms with E-state index in [9.17, 15) is 4.79 Å². The Kier molecular flexibility index (Phi) is 5.47. The fourth-order valence-electron chi connectivity index (χ4n) is 3.28. The van der Waals surface area contributed by atoms with Gasteiger partial charge in [-0.1, -0.05) is 24.3 Å². The number of pyridine rings is 2. The standard InChI is InChI=1S/C24H22N4O/c1-18-4-2-3-5-21(18)16-28-17-22(20-8-12-26-13-9-20)14-23(28)24(29)27-15-19-6-10-25-11-7-19/h2-14,17H,15-16H2,1H3,(H,27,29).